The molecule has 2 N–H and O–H groups in total. The number of furan rings is 1. The first-order valence-corrected chi connectivity index (χ1v) is 7.71. The third-order valence-corrected chi connectivity index (χ3v) is 3.58. The predicted molar refractivity (Wildman–Crippen MR) is 92.5 cm³/mol. The zero-order valence-electron chi connectivity index (χ0n) is 13.3. The Bertz CT molecular complexity index is 833. The molecule has 0 radical (unpaired) electrons. The number of para-hydroxylation sites is 1. The maximum atomic E-state index is 12.0. The molecule has 3 aromatic rings. The van der Waals surface area contributed by atoms with Crippen LogP contribution in [0.25, 0.3) is 11.0 Å². The van der Waals surface area contributed by atoms with Crippen LogP contribution in [-0.4, -0.2) is 11.8 Å². The van der Waals surface area contributed by atoms with Crippen LogP contribution in [-0.2, 0) is 22.6 Å². The summed E-state index contributed by atoms with van der Waals surface area (Å²) in [5.74, 6) is 0.527. The predicted octanol–water partition coefficient (Wildman–Crippen LogP) is 3.25. The molecule has 3 rings (SSSR count). The summed E-state index contributed by atoms with van der Waals surface area (Å²) in [6.07, 6.45) is 0.278. The van der Waals surface area contributed by atoms with Gasteiger partial charge in [0.15, 0.2) is 0 Å². The lowest BCUT2D eigenvalue weighted by Crippen LogP contribution is -2.24. The van der Waals surface area contributed by atoms with E-state index in [1.165, 1.54) is 6.92 Å². The van der Waals surface area contributed by atoms with Crippen molar-refractivity contribution in [3.8, 4) is 0 Å². The van der Waals surface area contributed by atoms with Crippen LogP contribution in [0.2, 0.25) is 0 Å². The van der Waals surface area contributed by atoms with Gasteiger partial charge in [-0.15, -0.1) is 0 Å². The van der Waals surface area contributed by atoms with Gasteiger partial charge in [0, 0.05) is 18.0 Å². The molecule has 0 fully saturated rings. The summed E-state index contributed by atoms with van der Waals surface area (Å²) >= 11 is 0. The molecule has 2 amide bonds. The fraction of sp³-hybridized carbons (Fsp3) is 0.158. The maximum Gasteiger partial charge on any atom is 0.224 e. The van der Waals surface area contributed by atoms with E-state index in [-0.39, 0.29) is 18.2 Å². The van der Waals surface area contributed by atoms with Gasteiger partial charge in [-0.1, -0.05) is 30.3 Å². The number of benzene rings is 2. The number of amides is 2. The van der Waals surface area contributed by atoms with Gasteiger partial charge < -0.3 is 15.1 Å². The summed E-state index contributed by atoms with van der Waals surface area (Å²) in [7, 11) is 0. The highest BCUT2D eigenvalue weighted by Gasteiger charge is 2.07. The van der Waals surface area contributed by atoms with E-state index in [4.69, 9.17) is 4.42 Å². The Labute approximate surface area is 139 Å². The van der Waals surface area contributed by atoms with Crippen molar-refractivity contribution in [2.75, 3.05) is 5.32 Å². The lowest BCUT2D eigenvalue weighted by molar-refractivity contribution is -0.120. The normalized spacial score (nSPS) is 10.5. The van der Waals surface area contributed by atoms with E-state index in [2.05, 4.69) is 10.6 Å². The Morgan fingerprint density at radius 1 is 1.04 bits per heavy atom. The molecule has 1 aromatic heterocycles. The fourth-order valence-electron chi connectivity index (χ4n) is 2.47. The Balaban J connectivity index is 1.54. The molecule has 0 unspecified atom stereocenters. The molecule has 0 aliphatic rings. The molecule has 0 aliphatic heterocycles. The molecule has 0 spiro atoms. The zero-order valence-corrected chi connectivity index (χ0v) is 13.3. The highest BCUT2D eigenvalue weighted by atomic mass is 16.3. The van der Waals surface area contributed by atoms with Gasteiger partial charge in [0.05, 0.1) is 13.0 Å². The summed E-state index contributed by atoms with van der Waals surface area (Å²) in [6, 6.07) is 16.9. The molecule has 0 saturated heterocycles. The van der Waals surface area contributed by atoms with Crippen LogP contribution in [0.4, 0.5) is 5.69 Å². The van der Waals surface area contributed by atoms with Crippen LogP contribution in [0.15, 0.2) is 59.0 Å². The van der Waals surface area contributed by atoms with Crippen molar-refractivity contribution in [3.05, 3.63) is 65.9 Å². The minimum absolute atomic E-state index is 0.0808. The van der Waals surface area contributed by atoms with Gasteiger partial charge in [-0.2, -0.15) is 0 Å². The van der Waals surface area contributed by atoms with E-state index in [1.54, 1.807) is 12.1 Å². The van der Waals surface area contributed by atoms with Crippen molar-refractivity contribution in [3.63, 3.8) is 0 Å². The van der Waals surface area contributed by atoms with Gasteiger partial charge in [0.1, 0.15) is 11.3 Å². The Morgan fingerprint density at radius 3 is 2.50 bits per heavy atom. The van der Waals surface area contributed by atoms with Gasteiger partial charge in [0.2, 0.25) is 11.8 Å². The van der Waals surface area contributed by atoms with Gasteiger partial charge in [-0.25, -0.2) is 0 Å². The van der Waals surface area contributed by atoms with Crippen molar-refractivity contribution in [1.29, 1.82) is 0 Å². The summed E-state index contributed by atoms with van der Waals surface area (Å²) < 4.78 is 5.67. The first-order chi connectivity index (χ1) is 11.6. The highest BCUT2D eigenvalue weighted by Crippen LogP contribution is 2.18. The standard InChI is InChI=1S/C19H18N2O3/c1-13(22)21-16-8-6-14(7-9-16)10-19(23)20-12-17-11-15-4-2-3-5-18(15)24-17/h2-9,11H,10,12H2,1H3,(H,20,23)(H,21,22). The quantitative estimate of drug-likeness (QED) is 0.757. The summed E-state index contributed by atoms with van der Waals surface area (Å²) in [5.41, 5.74) is 2.41. The molecule has 5 nitrogen and oxygen atoms in total. The molecule has 5 heteroatoms. The minimum atomic E-state index is -0.119. The zero-order chi connectivity index (χ0) is 16.9. The molecule has 1 heterocycles. The van der Waals surface area contributed by atoms with Crippen molar-refractivity contribution < 1.29 is 14.0 Å². The van der Waals surface area contributed by atoms with Gasteiger partial charge in [-0.05, 0) is 29.8 Å². The number of hydrogen-bond donors (Lipinski definition) is 2. The van der Waals surface area contributed by atoms with E-state index in [0.717, 1.165) is 22.3 Å². The van der Waals surface area contributed by atoms with E-state index in [1.807, 2.05) is 42.5 Å². The lowest BCUT2D eigenvalue weighted by Gasteiger charge is -2.05. The van der Waals surface area contributed by atoms with E-state index < -0.39 is 0 Å². The van der Waals surface area contributed by atoms with Crippen LogP contribution < -0.4 is 10.6 Å². The SMILES string of the molecule is CC(=O)Nc1ccc(CC(=O)NCc2cc3ccccc3o2)cc1. The largest absolute Gasteiger partial charge is 0.459 e. The first kappa shape index (κ1) is 15.8. The number of carbonyl (C=O) groups excluding carboxylic acids is 2. The molecule has 0 aliphatic carbocycles. The van der Waals surface area contributed by atoms with Gasteiger partial charge in [0.25, 0.3) is 0 Å². The molecule has 24 heavy (non-hydrogen) atoms. The number of anilines is 1. The second-order valence-corrected chi connectivity index (χ2v) is 5.58. The van der Waals surface area contributed by atoms with Crippen molar-refractivity contribution >= 4 is 28.5 Å². The summed E-state index contributed by atoms with van der Waals surface area (Å²) in [6.45, 7) is 1.82. The first-order valence-electron chi connectivity index (χ1n) is 7.71. The molecule has 122 valence electrons. The number of hydrogen-bond acceptors (Lipinski definition) is 3. The lowest BCUT2D eigenvalue weighted by atomic mass is 10.1. The molecule has 0 saturated carbocycles. The molecular weight excluding hydrogens is 304 g/mol. The average Bonchev–Trinajstić information content (AvgIpc) is 2.97. The van der Waals surface area contributed by atoms with Gasteiger partial charge in [-0.3, -0.25) is 9.59 Å². The topological polar surface area (TPSA) is 71.3 Å². The van der Waals surface area contributed by atoms with E-state index in [9.17, 15) is 9.59 Å². The number of nitrogens with one attached hydrogen (secondary N) is 2. The Hall–Kier alpha value is -3.08. The molecule has 0 bridgehead atoms. The number of fused-ring (bicyclic) bond motifs is 1. The maximum absolute atomic E-state index is 12.0. The van der Waals surface area contributed by atoms with Crippen molar-refractivity contribution in [2.24, 2.45) is 0 Å². The van der Waals surface area contributed by atoms with Gasteiger partial charge >= 0.3 is 0 Å². The van der Waals surface area contributed by atoms with Crippen molar-refractivity contribution in [1.82, 2.24) is 5.32 Å². The molecule has 2 aromatic carbocycles. The Kier molecular flexibility index (Phi) is 4.61. The van der Waals surface area contributed by atoms with Crippen LogP contribution in [0.1, 0.15) is 18.2 Å². The monoisotopic (exact) mass is 322 g/mol. The number of carbonyl (C=O) groups is 2. The Morgan fingerprint density at radius 2 is 1.79 bits per heavy atom. The van der Waals surface area contributed by atoms with E-state index >= 15 is 0 Å². The highest BCUT2D eigenvalue weighted by molar-refractivity contribution is 5.88. The second kappa shape index (κ2) is 7.00. The van der Waals surface area contributed by atoms with Crippen LogP contribution in [0.5, 0.6) is 0 Å². The second-order valence-electron chi connectivity index (χ2n) is 5.58. The summed E-state index contributed by atoms with van der Waals surface area (Å²) in [4.78, 5) is 23.0. The van der Waals surface area contributed by atoms with E-state index in [0.29, 0.717) is 12.2 Å². The summed E-state index contributed by atoms with van der Waals surface area (Å²) in [5, 5.41) is 6.57. The fourth-order valence-corrected chi connectivity index (χ4v) is 2.47. The van der Waals surface area contributed by atoms with Crippen LogP contribution in [0.3, 0.4) is 0 Å². The molecular formula is C19H18N2O3. The average molecular weight is 322 g/mol. The third kappa shape index (κ3) is 4.01. The van der Waals surface area contributed by atoms with Crippen LogP contribution in [0, 0.1) is 0 Å². The number of rotatable bonds is 5. The van der Waals surface area contributed by atoms with Crippen molar-refractivity contribution in [2.45, 2.75) is 19.9 Å². The molecule has 0 atom stereocenters. The smallest absolute Gasteiger partial charge is 0.224 e. The minimum Gasteiger partial charge on any atom is -0.459 e. The third-order valence-electron chi connectivity index (χ3n) is 3.58. The van der Waals surface area contributed by atoms with Crippen LogP contribution >= 0.6 is 0 Å².